The van der Waals surface area contributed by atoms with Gasteiger partial charge in [0, 0.05) is 13.2 Å². The summed E-state index contributed by atoms with van der Waals surface area (Å²) in [6.45, 7) is 6.78. The van der Waals surface area contributed by atoms with Gasteiger partial charge < -0.3 is 15.2 Å². The van der Waals surface area contributed by atoms with E-state index in [1.165, 1.54) is 0 Å². The van der Waals surface area contributed by atoms with E-state index in [-0.39, 0.29) is 23.8 Å². The molecular formula is C11H21NO3. The van der Waals surface area contributed by atoms with Crippen LogP contribution in [-0.2, 0) is 9.53 Å². The van der Waals surface area contributed by atoms with E-state index >= 15 is 0 Å². The fraction of sp³-hybridized carbons (Fsp3) is 0.909. The second-order valence-electron chi connectivity index (χ2n) is 4.39. The van der Waals surface area contributed by atoms with Crippen LogP contribution in [0.1, 0.15) is 27.2 Å². The molecule has 0 aromatic carbocycles. The van der Waals surface area contributed by atoms with Gasteiger partial charge in [0.2, 0.25) is 5.91 Å². The number of amides is 1. The lowest BCUT2D eigenvalue weighted by Gasteiger charge is -2.14. The highest BCUT2D eigenvalue weighted by molar-refractivity contribution is 5.82. The summed E-state index contributed by atoms with van der Waals surface area (Å²) in [7, 11) is 0. The quantitative estimate of drug-likeness (QED) is 0.680. The summed E-state index contributed by atoms with van der Waals surface area (Å²) < 4.78 is 5.32. The van der Waals surface area contributed by atoms with Crippen molar-refractivity contribution in [3.8, 4) is 0 Å². The maximum Gasteiger partial charge on any atom is 0.225 e. The zero-order valence-corrected chi connectivity index (χ0v) is 9.69. The Labute approximate surface area is 91.0 Å². The molecule has 1 aliphatic rings. The van der Waals surface area contributed by atoms with Crippen LogP contribution in [0.4, 0.5) is 0 Å². The Morgan fingerprint density at radius 3 is 2.80 bits per heavy atom. The molecule has 2 N–H and O–H groups in total. The molecule has 0 aromatic rings. The molecule has 0 heterocycles. The molecule has 0 aliphatic heterocycles. The zero-order valence-electron chi connectivity index (χ0n) is 9.69. The van der Waals surface area contributed by atoms with Crippen molar-refractivity contribution in [2.24, 2.45) is 11.8 Å². The van der Waals surface area contributed by atoms with E-state index < -0.39 is 6.10 Å². The van der Waals surface area contributed by atoms with Gasteiger partial charge in [-0.25, -0.2) is 0 Å². The lowest BCUT2D eigenvalue weighted by molar-refractivity contribution is -0.123. The normalized spacial score (nSPS) is 26.5. The molecule has 0 aromatic heterocycles. The smallest absolute Gasteiger partial charge is 0.225 e. The van der Waals surface area contributed by atoms with Gasteiger partial charge in [-0.15, -0.1) is 0 Å². The Kier molecular flexibility index (Phi) is 4.54. The third-order valence-corrected chi connectivity index (χ3v) is 2.70. The molecule has 0 saturated heterocycles. The van der Waals surface area contributed by atoms with Crippen molar-refractivity contribution in [3.63, 3.8) is 0 Å². The third-order valence-electron chi connectivity index (χ3n) is 2.70. The van der Waals surface area contributed by atoms with E-state index in [9.17, 15) is 9.90 Å². The molecule has 88 valence electrons. The Morgan fingerprint density at radius 1 is 1.60 bits per heavy atom. The Balaban J connectivity index is 2.15. The van der Waals surface area contributed by atoms with Gasteiger partial charge in [0.05, 0.1) is 18.1 Å². The SMILES string of the molecule is CCO[C@@H]1C[C@H]1C(=O)NC[C@@H](O)C(C)C. The predicted molar refractivity (Wildman–Crippen MR) is 57.4 cm³/mol. The maximum atomic E-state index is 11.5. The van der Waals surface area contributed by atoms with Crippen molar-refractivity contribution in [2.75, 3.05) is 13.2 Å². The lowest BCUT2D eigenvalue weighted by atomic mass is 10.1. The number of aliphatic hydroxyl groups is 1. The first-order valence-electron chi connectivity index (χ1n) is 5.63. The number of carbonyl (C=O) groups excluding carboxylic acids is 1. The van der Waals surface area contributed by atoms with Gasteiger partial charge in [-0.2, -0.15) is 0 Å². The third kappa shape index (κ3) is 3.80. The van der Waals surface area contributed by atoms with Crippen molar-refractivity contribution in [3.05, 3.63) is 0 Å². The molecule has 4 heteroatoms. The molecule has 0 bridgehead atoms. The molecule has 4 nitrogen and oxygen atoms in total. The molecule has 1 amide bonds. The topological polar surface area (TPSA) is 58.6 Å². The standard InChI is InChI=1S/C11H21NO3/c1-4-15-10-5-8(10)11(14)12-6-9(13)7(2)3/h7-10,13H,4-6H2,1-3H3,(H,12,14)/t8-,9-,10-/m1/s1. The first-order valence-corrected chi connectivity index (χ1v) is 5.63. The van der Waals surface area contributed by atoms with Crippen LogP contribution in [-0.4, -0.2) is 36.4 Å². The van der Waals surface area contributed by atoms with Gasteiger partial charge >= 0.3 is 0 Å². The molecule has 1 aliphatic carbocycles. The molecule has 0 spiro atoms. The van der Waals surface area contributed by atoms with E-state index in [0.29, 0.717) is 13.2 Å². The highest BCUT2D eigenvalue weighted by Gasteiger charge is 2.43. The molecule has 3 atom stereocenters. The Morgan fingerprint density at radius 2 is 2.27 bits per heavy atom. The largest absolute Gasteiger partial charge is 0.391 e. The van der Waals surface area contributed by atoms with Crippen molar-refractivity contribution in [1.82, 2.24) is 5.32 Å². The van der Waals surface area contributed by atoms with Gasteiger partial charge in [-0.3, -0.25) is 4.79 Å². The van der Waals surface area contributed by atoms with Crippen molar-refractivity contribution >= 4 is 5.91 Å². The summed E-state index contributed by atoms with van der Waals surface area (Å²) in [6, 6.07) is 0. The Bertz CT molecular complexity index is 218. The van der Waals surface area contributed by atoms with Crippen LogP contribution >= 0.6 is 0 Å². The zero-order chi connectivity index (χ0) is 11.4. The second-order valence-corrected chi connectivity index (χ2v) is 4.39. The van der Waals surface area contributed by atoms with Crippen molar-refractivity contribution < 1.29 is 14.6 Å². The van der Waals surface area contributed by atoms with Crippen LogP contribution in [0.15, 0.2) is 0 Å². The minimum absolute atomic E-state index is 0.00399. The number of nitrogens with one attached hydrogen (secondary N) is 1. The van der Waals surface area contributed by atoms with E-state index in [1.54, 1.807) is 0 Å². The number of rotatable bonds is 6. The maximum absolute atomic E-state index is 11.5. The van der Waals surface area contributed by atoms with Gasteiger partial charge in [-0.05, 0) is 19.3 Å². The molecule has 1 saturated carbocycles. The number of ether oxygens (including phenoxy) is 1. The van der Waals surface area contributed by atoms with Crippen LogP contribution in [0.5, 0.6) is 0 Å². The monoisotopic (exact) mass is 215 g/mol. The predicted octanol–water partition coefficient (Wildman–Crippen LogP) is 0.544. The highest BCUT2D eigenvalue weighted by Crippen LogP contribution is 2.33. The number of aliphatic hydroxyl groups excluding tert-OH is 1. The Hall–Kier alpha value is -0.610. The van der Waals surface area contributed by atoms with Crippen LogP contribution in [0, 0.1) is 11.8 Å². The van der Waals surface area contributed by atoms with Crippen LogP contribution in [0.2, 0.25) is 0 Å². The average molecular weight is 215 g/mol. The fourth-order valence-electron chi connectivity index (χ4n) is 1.42. The highest BCUT2D eigenvalue weighted by atomic mass is 16.5. The van der Waals surface area contributed by atoms with Crippen LogP contribution in [0.25, 0.3) is 0 Å². The minimum atomic E-state index is -0.460. The van der Waals surface area contributed by atoms with E-state index in [4.69, 9.17) is 4.74 Å². The molecular weight excluding hydrogens is 194 g/mol. The van der Waals surface area contributed by atoms with E-state index in [1.807, 2.05) is 20.8 Å². The molecule has 0 radical (unpaired) electrons. The first-order chi connectivity index (χ1) is 7.06. The number of hydrogen-bond donors (Lipinski definition) is 2. The summed E-state index contributed by atoms with van der Waals surface area (Å²) in [5, 5.41) is 12.2. The van der Waals surface area contributed by atoms with E-state index in [0.717, 1.165) is 6.42 Å². The molecule has 15 heavy (non-hydrogen) atoms. The average Bonchev–Trinajstić information content (AvgIpc) is 2.93. The summed E-state index contributed by atoms with van der Waals surface area (Å²) in [5.74, 6) is 0.185. The first kappa shape index (κ1) is 12.5. The van der Waals surface area contributed by atoms with Gasteiger partial charge in [0.1, 0.15) is 0 Å². The second kappa shape index (κ2) is 5.47. The number of hydrogen-bond acceptors (Lipinski definition) is 3. The van der Waals surface area contributed by atoms with Crippen molar-refractivity contribution in [1.29, 1.82) is 0 Å². The summed E-state index contributed by atoms with van der Waals surface area (Å²) >= 11 is 0. The van der Waals surface area contributed by atoms with Gasteiger partial charge in [0.25, 0.3) is 0 Å². The molecule has 0 unspecified atom stereocenters. The summed E-state index contributed by atoms with van der Waals surface area (Å²) in [6.07, 6.45) is 0.460. The summed E-state index contributed by atoms with van der Waals surface area (Å²) in [4.78, 5) is 11.5. The minimum Gasteiger partial charge on any atom is -0.391 e. The van der Waals surface area contributed by atoms with Gasteiger partial charge in [-0.1, -0.05) is 13.8 Å². The number of carbonyl (C=O) groups is 1. The summed E-state index contributed by atoms with van der Waals surface area (Å²) in [5.41, 5.74) is 0. The van der Waals surface area contributed by atoms with Crippen molar-refractivity contribution in [2.45, 2.75) is 39.4 Å². The van der Waals surface area contributed by atoms with Gasteiger partial charge in [0.15, 0.2) is 0 Å². The molecule has 1 rings (SSSR count). The fourth-order valence-corrected chi connectivity index (χ4v) is 1.42. The van der Waals surface area contributed by atoms with Crippen LogP contribution in [0.3, 0.4) is 0 Å². The lowest BCUT2D eigenvalue weighted by Crippen LogP contribution is -2.36. The van der Waals surface area contributed by atoms with E-state index in [2.05, 4.69) is 5.32 Å². The van der Waals surface area contributed by atoms with Crippen LogP contribution < -0.4 is 5.32 Å². The molecule has 1 fully saturated rings.